The monoisotopic (exact) mass is 204 g/mol. The molecular formula is C13H15FN+. The number of benzene rings is 1. The summed E-state index contributed by atoms with van der Waals surface area (Å²) in [6.45, 7) is 2.41. The molecule has 1 aliphatic heterocycles. The lowest BCUT2D eigenvalue weighted by Gasteiger charge is -2.25. The van der Waals surface area contributed by atoms with Crippen molar-refractivity contribution in [1.82, 2.24) is 0 Å². The number of hydrogen-bond donors (Lipinski definition) is 0. The molecule has 1 aromatic rings. The van der Waals surface area contributed by atoms with Gasteiger partial charge in [-0.25, -0.2) is 0 Å². The van der Waals surface area contributed by atoms with E-state index in [1.807, 2.05) is 49.4 Å². The van der Waals surface area contributed by atoms with Gasteiger partial charge in [0.25, 0.3) is 0 Å². The van der Waals surface area contributed by atoms with E-state index in [-0.39, 0.29) is 0 Å². The molecule has 1 atom stereocenters. The summed E-state index contributed by atoms with van der Waals surface area (Å²) in [5.74, 6) is 0. The summed E-state index contributed by atoms with van der Waals surface area (Å²) in [7, 11) is 1.59. The normalized spacial score (nSPS) is 25.1. The minimum atomic E-state index is -0.568. The van der Waals surface area contributed by atoms with Gasteiger partial charge in [0, 0.05) is 16.1 Å². The predicted molar refractivity (Wildman–Crippen MR) is 60.5 cm³/mol. The summed E-state index contributed by atoms with van der Waals surface area (Å²) in [5, 5.41) is 0. The van der Waals surface area contributed by atoms with E-state index in [4.69, 9.17) is 0 Å². The number of halogens is 1. The van der Waals surface area contributed by atoms with Crippen LogP contribution in [0, 0.1) is 6.92 Å². The Morgan fingerprint density at radius 1 is 1.27 bits per heavy atom. The first kappa shape index (κ1) is 10.1. The minimum absolute atomic E-state index is 0.403. The maximum absolute atomic E-state index is 14.2. The summed E-state index contributed by atoms with van der Waals surface area (Å²) >= 11 is 0. The molecule has 2 rings (SSSR count). The number of quaternary nitrogens is 1. The topological polar surface area (TPSA) is 0 Å². The van der Waals surface area contributed by atoms with Crippen molar-refractivity contribution < 1.29 is 9.19 Å². The molecule has 0 spiro atoms. The highest BCUT2D eigenvalue weighted by atomic mass is 19.2. The zero-order chi connectivity index (χ0) is 10.9. The van der Waals surface area contributed by atoms with E-state index in [1.54, 1.807) is 7.05 Å². The quantitative estimate of drug-likeness (QED) is 0.616. The van der Waals surface area contributed by atoms with Gasteiger partial charge in [-0.1, -0.05) is 29.0 Å². The molecule has 1 aliphatic rings. The molecule has 78 valence electrons. The van der Waals surface area contributed by atoms with Crippen LogP contribution < -0.4 is 0 Å². The van der Waals surface area contributed by atoms with Crippen LogP contribution >= 0.6 is 0 Å². The Morgan fingerprint density at radius 2 is 2.00 bits per heavy atom. The van der Waals surface area contributed by atoms with Crippen molar-refractivity contribution in [2.75, 3.05) is 13.6 Å². The van der Waals surface area contributed by atoms with Crippen LogP contribution in [-0.4, -0.2) is 18.3 Å². The standard InChI is InChI=1S/C13H15FN/c1-11-7-3-4-8-12(11)13-9-5-6-10-15(13,2)14/h3-9H,10H2,1-2H3/q+1. The Balaban J connectivity index is 2.51. The van der Waals surface area contributed by atoms with Gasteiger partial charge in [0.2, 0.25) is 0 Å². The summed E-state index contributed by atoms with van der Waals surface area (Å²) in [5.41, 5.74) is 2.84. The molecule has 0 saturated heterocycles. The summed E-state index contributed by atoms with van der Waals surface area (Å²) in [4.78, 5) is 0. The highest BCUT2D eigenvalue weighted by Gasteiger charge is 2.31. The first-order chi connectivity index (χ1) is 7.11. The van der Waals surface area contributed by atoms with Gasteiger partial charge in [-0.3, -0.25) is 0 Å². The Morgan fingerprint density at radius 3 is 2.67 bits per heavy atom. The average Bonchev–Trinajstić information content (AvgIpc) is 2.19. The van der Waals surface area contributed by atoms with Gasteiger partial charge in [0.05, 0.1) is 0 Å². The fourth-order valence-corrected chi connectivity index (χ4v) is 1.87. The van der Waals surface area contributed by atoms with Crippen LogP contribution in [0.4, 0.5) is 4.48 Å². The first-order valence-electron chi connectivity index (χ1n) is 5.10. The second-order valence-corrected chi connectivity index (χ2v) is 4.05. The van der Waals surface area contributed by atoms with Gasteiger partial charge in [0.1, 0.15) is 13.6 Å². The molecule has 1 nitrogen and oxygen atoms in total. The summed E-state index contributed by atoms with van der Waals surface area (Å²) < 4.78 is 13.7. The van der Waals surface area contributed by atoms with E-state index in [0.717, 1.165) is 16.8 Å². The zero-order valence-electron chi connectivity index (χ0n) is 9.07. The average molecular weight is 204 g/mol. The van der Waals surface area contributed by atoms with E-state index >= 15 is 0 Å². The summed E-state index contributed by atoms with van der Waals surface area (Å²) in [6.07, 6.45) is 5.62. The van der Waals surface area contributed by atoms with E-state index in [1.165, 1.54) is 0 Å². The van der Waals surface area contributed by atoms with E-state index in [0.29, 0.717) is 6.54 Å². The van der Waals surface area contributed by atoms with Crippen LogP contribution in [0.2, 0.25) is 0 Å². The molecule has 0 aromatic heterocycles. The number of hydrogen-bond acceptors (Lipinski definition) is 0. The molecule has 0 fully saturated rings. The smallest absolute Gasteiger partial charge is 0.0966 e. The second-order valence-electron chi connectivity index (χ2n) is 4.05. The van der Waals surface area contributed by atoms with Crippen molar-refractivity contribution in [2.24, 2.45) is 0 Å². The fraction of sp³-hybridized carbons (Fsp3) is 0.231. The van der Waals surface area contributed by atoms with Crippen LogP contribution in [0.3, 0.4) is 0 Å². The van der Waals surface area contributed by atoms with Gasteiger partial charge >= 0.3 is 0 Å². The van der Waals surface area contributed by atoms with E-state index in [2.05, 4.69) is 0 Å². The lowest BCUT2D eigenvalue weighted by atomic mass is 10.0. The van der Waals surface area contributed by atoms with Gasteiger partial charge in [-0.2, -0.15) is 0 Å². The Bertz CT molecular complexity index is 430. The van der Waals surface area contributed by atoms with Crippen molar-refractivity contribution in [3.8, 4) is 0 Å². The third-order valence-electron chi connectivity index (χ3n) is 2.76. The van der Waals surface area contributed by atoms with Crippen molar-refractivity contribution >= 4 is 5.70 Å². The van der Waals surface area contributed by atoms with Gasteiger partial charge in [-0.05, 0) is 24.6 Å². The summed E-state index contributed by atoms with van der Waals surface area (Å²) in [6, 6.07) is 7.90. The predicted octanol–water partition coefficient (Wildman–Crippen LogP) is 3.24. The van der Waals surface area contributed by atoms with Crippen molar-refractivity contribution in [3.63, 3.8) is 0 Å². The number of allylic oxidation sites excluding steroid dienone is 2. The van der Waals surface area contributed by atoms with Crippen molar-refractivity contribution in [1.29, 1.82) is 0 Å². The highest BCUT2D eigenvalue weighted by Crippen LogP contribution is 2.30. The molecule has 0 saturated carbocycles. The molecule has 2 heteroatoms. The van der Waals surface area contributed by atoms with Crippen molar-refractivity contribution in [2.45, 2.75) is 6.92 Å². The molecular weight excluding hydrogens is 189 g/mol. The van der Waals surface area contributed by atoms with Crippen LogP contribution in [0.1, 0.15) is 11.1 Å². The Labute approximate surface area is 89.7 Å². The molecule has 1 unspecified atom stereocenters. The Kier molecular flexibility index (Phi) is 2.45. The SMILES string of the molecule is Cc1ccccc1C1=CC=CC[N+]1(C)F. The van der Waals surface area contributed by atoms with Gasteiger partial charge in [0.15, 0.2) is 5.70 Å². The second kappa shape index (κ2) is 3.63. The highest BCUT2D eigenvalue weighted by molar-refractivity contribution is 5.64. The maximum atomic E-state index is 14.2. The van der Waals surface area contributed by atoms with Crippen LogP contribution in [0.15, 0.2) is 42.5 Å². The molecule has 15 heavy (non-hydrogen) atoms. The number of rotatable bonds is 1. The number of likely N-dealkylation sites (N-methyl/N-ethyl adjacent to an activating group) is 1. The molecule has 1 aromatic carbocycles. The van der Waals surface area contributed by atoms with Crippen LogP contribution in [0.25, 0.3) is 5.70 Å². The van der Waals surface area contributed by atoms with Crippen molar-refractivity contribution in [3.05, 3.63) is 53.6 Å². The first-order valence-corrected chi connectivity index (χ1v) is 5.10. The molecule has 0 aliphatic carbocycles. The molecule has 0 bridgehead atoms. The molecule has 1 heterocycles. The zero-order valence-corrected chi connectivity index (χ0v) is 9.07. The largest absolute Gasteiger partial charge is 0.178 e. The minimum Gasteiger partial charge on any atom is -0.0966 e. The van der Waals surface area contributed by atoms with Gasteiger partial charge < -0.3 is 0 Å². The molecule has 0 radical (unpaired) electrons. The van der Waals surface area contributed by atoms with E-state index < -0.39 is 4.71 Å². The maximum Gasteiger partial charge on any atom is 0.178 e. The van der Waals surface area contributed by atoms with Gasteiger partial charge in [-0.15, -0.1) is 0 Å². The third-order valence-corrected chi connectivity index (χ3v) is 2.76. The molecule has 0 amide bonds. The van der Waals surface area contributed by atoms with E-state index in [9.17, 15) is 4.48 Å². The lowest BCUT2D eigenvalue weighted by Crippen LogP contribution is -2.34. The lowest BCUT2D eigenvalue weighted by molar-refractivity contribution is -0.976. The van der Waals surface area contributed by atoms with Crippen LogP contribution in [-0.2, 0) is 0 Å². The molecule has 0 N–H and O–H groups in total. The third kappa shape index (κ3) is 1.85. The fourth-order valence-electron chi connectivity index (χ4n) is 1.87. The number of nitrogens with zero attached hydrogens (tertiary/aromatic N) is 1. The number of aryl methyl sites for hydroxylation is 1. The van der Waals surface area contributed by atoms with Crippen LogP contribution in [0.5, 0.6) is 0 Å². The Hall–Kier alpha value is -1.41.